The van der Waals surface area contributed by atoms with Crippen LogP contribution in [0.4, 0.5) is 5.82 Å². The van der Waals surface area contributed by atoms with Crippen molar-refractivity contribution in [3.8, 4) is 0 Å². The highest BCUT2D eigenvalue weighted by Gasteiger charge is 2.29. The van der Waals surface area contributed by atoms with Crippen LogP contribution in [0.15, 0.2) is 0 Å². The summed E-state index contributed by atoms with van der Waals surface area (Å²) in [4.78, 5) is 2.54. The minimum atomic E-state index is 0.564. The van der Waals surface area contributed by atoms with Crippen molar-refractivity contribution in [1.29, 1.82) is 0 Å². The molecule has 19 heavy (non-hydrogen) atoms. The van der Waals surface area contributed by atoms with Gasteiger partial charge in [-0.05, 0) is 20.4 Å². The van der Waals surface area contributed by atoms with Gasteiger partial charge in [-0.15, -0.1) is 0 Å². The predicted octanol–water partition coefficient (Wildman–Crippen LogP) is 2.17. The lowest BCUT2D eigenvalue weighted by Crippen LogP contribution is -2.46. The van der Waals surface area contributed by atoms with E-state index in [4.69, 9.17) is 0 Å². The molecule has 0 aromatic carbocycles. The molecule has 1 N–H and O–H groups in total. The molecule has 2 rings (SSSR count). The Morgan fingerprint density at radius 2 is 2.16 bits per heavy atom. The van der Waals surface area contributed by atoms with E-state index >= 15 is 0 Å². The number of anilines is 1. The smallest absolute Gasteiger partial charge is 0.131 e. The normalized spacial score (nSPS) is 23.9. The second-order valence-corrected chi connectivity index (χ2v) is 6.79. The third-order valence-electron chi connectivity index (χ3n) is 4.02. The van der Waals surface area contributed by atoms with Gasteiger partial charge in [0.05, 0.1) is 5.69 Å². The maximum Gasteiger partial charge on any atom is 0.131 e. The number of nitrogens with zero attached hydrogens (tertiary/aromatic N) is 3. The first-order chi connectivity index (χ1) is 9.06. The van der Waals surface area contributed by atoms with Crippen LogP contribution < -0.4 is 10.2 Å². The first-order valence-electron chi connectivity index (χ1n) is 7.17. The molecule has 108 valence electrons. The first-order valence-corrected chi connectivity index (χ1v) is 8.22. The van der Waals surface area contributed by atoms with Gasteiger partial charge in [-0.2, -0.15) is 16.9 Å². The van der Waals surface area contributed by atoms with Gasteiger partial charge in [0.25, 0.3) is 0 Å². The predicted molar refractivity (Wildman–Crippen MR) is 84.1 cm³/mol. The van der Waals surface area contributed by atoms with Crippen molar-refractivity contribution >= 4 is 17.6 Å². The Morgan fingerprint density at radius 3 is 2.84 bits per heavy atom. The third kappa shape index (κ3) is 2.92. The molecule has 1 aromatic rings. The molecule has 1 aromatic heterocycles. The SMILES string of the molecule is CCNCc1c(C)nn(C)c1N1CCSC(C)C1C. The van der Waals surface area contributed by atoms with Crippen molar-refractivity contribution in [2.24, 2.45) is 7.05 Å². The number of nitrogens with one attached hydrogen (secondary N) is 1. The van der Waals surface area contributed by atoms with E-state index in [0.717, 1.165) is 25.3 Å². The molecule has 0 amide bonds. The molecule has 2 unspecified atom stereocenters. The van der Waals surface area contributed by atoms with E-state index in [-0.39, 0.29) is 0 Å². The van der Waals surface area contributed by atoms with Crippen molar-refractivity contribution in [2.45, 2.75) is 45.5 Å². The van der Waals surface area contributed by atoms with Crippen LogP contribution in [0.2, 0.25) is 0 Å². The largest absolute Gasteiger partial charge is 0.352 e. The minimum Gasteiger partial charge on any atom is -0.352 e. The van der Waals surface area contributed by atoms with Gasteiger partial charge in [0.2, 0.25) is 0 Å². The second kappa shape index (κ2) is 6.18. The van der Waals surface area contributed by atoms with Crippen LogP contribution in [0.1, 0.15) is 32.0 Å². The van der Waals surface area contributed by atoms with Crippen LogP contribution in [0.25, 0.3) is 0 Å². The number of aryl methyl sites for hydroxylation is 2. The molecular weight excluding hydrogens is 256 g/mol. The second-order valence-electron chi connectivity index (χ2n) is 5.30. The number of aromatic nitrogens is 2. The standard InChI is InChI=1S/C14H26N4S/c1-6-15-9-13-10(2)16-17(5)14(13)18-7-8-19-12(4)11(18)3/h11-12,15H,6-9H2,1-5H3. The molecule has 4 nitrogen and oxygen atoms in total. The lowest BCUT2D eigenvalue weighted by Gasteiger charge is -2.39. The van der Waals surface area contributed by atoms with Gasteiger partial charge >= 0.3 is 0 Å². The van der Waals surface area contributed by atoms with Crippen molar-refractivity contribution in [1.82, 2.24) is 15.1 Å². The van der Waals surface area contributed by atoms with Gasteiger partial charge in [0, 0.05) is 42.7 Å². The summed E-state index contributed by atoms with van der Waals surface area (Å²) in [6, 6.07) is 0.564. The first kappa shape index (κ1) is 14.7. The van der Waals surface area contributed by atoms with Crippen LogP contribution in [-0.4, -0.2) is 39.9 Å². The van der Waals surface area contributed by atoms with Gasteiger partial charge in [-0.3, -0.25) is 4.68 Å². The molecule has 0 aliphatic carbocycles. The zero-order chi connectivity index (χ0) is 14.0. The Bertz CT molecular complexity index is 429. The molecule has 0 spiro atoms. The maximum absolute atomic E-state index is 4.63. The summed E-state index contributed by atoms with van der Waals surface area (Å²) in [5.74, 6) is 2.51. The molecule has 1 aliphatic rings. The average Bonchev–Trinajstić information content (AvgIpc) is 2.65. The molecule has 1 fully saturated rings. The van der Waals surface area contributed by atoms with Crippen molar-refractivity contribution in [2.75, 3.05) is 23.7 Å². The van der Waals surface area contributed by atoms with Gasteiger partial charge in [0.15, 0.2) is 0 Å². The number of rotatable bonds is 4. The average molecular weight is 282 g/mol. The summed E-state index contributed by atoms with van der Waals surface area (Å²) in [7, 11) is 2.07. The fourth-order valence-electron chi connectivity index (χ4n) is 2.74. The van der Waals surface area contributed by atoms with Gasteiger partial charge in [0.1, 0.15) is 5.82 Å². The Labute approximate surface area is 120 Å². The Hall–Kier alpha value is -0.680. The quantitative estimate of drug-likeness (QED) is 0.917. The molecule has 2 heterocycles. The summed E-state index contributed by atoms with van der Waals surface area (Å²) in [6.45, 7) is 11.9. The lowest BCUT2D eigenvalue weighted by atomic mass is 10.1. The maximum atomic E-state index is 4.63. The zero-order valence-electron chi connectivity index (χ0n) is 12.7. The molecular formula is C14H26N4S. The van der Waals surface area contributed by atoms with E-state index in [2.05, 4.69) is 66.5 Å². The Balaban J connectivity index is 2.31. The molecule has 5 heteroatoms. The Kier molecular flexibility index (Phi) is 4.79. The van der Waals surface area contributed by atoms with Crippen molar-refractivity contribution in [3.63, 3.8) is 0 Å². The van der Waals surface area contributed by atoms with E-state index in [9.17, 15) is 0 Å². The van der Waals surface area contributed by atoms with E-state index in [1.807, 2.05) is 0 Å². The Morgan fingerprint density at radius 1 is 1.42 bits per heavy atom. The summed E-state index contributed by atoms with van der Waals surface area (Å²) in [5.41, 5.74) is 2.51. The summed E-state index contributed by atoms with van der Waals surface area (Å²) >= 11 is 2.07. The highest BCUT2D eigenvalue weighted by atomic mass is 32.2. The fraction of sp³-hybridized carbons (Fsp3) is 0.786. The van der Waals surface area contributed by atoms with E-state index in [1.165, 1.54) is 17.1 Å². The lowest BCUT2D eigenvalue weighted by molar-refractivity contribution is 0.593. The van der Waals surface area contributed by atoms with Crippen LogP contribution in [0.3, 0.4) is 0 Å². The highest BCUT2D eigenvalue weighted by Crippen LogP contribution is 2.32. The van der Waals surface area contributed by atoms with Gasteiger partial charge in [-0.25, -0.2) is 0 Å². The van der Waals surface area contributed by atoms with E-state index < -0.39 is 0 Å². The molecule has 0 bridgehead atoms. The van der Waals surface area contributed by atoms with Gasteiger partial charge < -0.3 is 10.2 Å². The fourth-order valence-corrected chi connectivity index (χ4v) is 3.84. The van der Waals surface area contributed by atoms with Crippen LogP contribution in [0.5, 0.6) is 0 Å². The molecule has 0 radical (unpaired) electrons. The number of hydrogen-bond donors (Lipinski definition) is 1. The summed E-state index contributed by atoms with van der Waals surface area (Å²) in [6.07, 6.45) is 0. The minimum absolute atomic E-state index is 0.564. The van der Waals surface area contributed by atoms with Crippen LogP contribution in [-0.2, 0) is 13.6 Å². The van der Waals surface area contributed by atoms with Crippen LogP contribution in [0, 0.1) is 6.92 Å². The monoisotopic (exact) mass is 282 g/mol. The zero-order valence-corrected chi connectivity index (χ0v) is 13.5. The number of hydrogen-bond acceptors (Lipinski definition) is 4. The number of thioether (sulfide) groups is 1. The highest BCUT2D eigenvalue weighted by molar-refractivity contribution is 8.00. The van der Waals surface area contributed by atoms with Crippen molar-refractivity contribution in [3.05, 3.63) is 11.3 Å². The third-order valence-corrected chi connectivity index (χ3v) is 5.36. The summed E-state index contributed by atoms with van der Waals surface area (Å²) < 4.78 is 2.06. The van der Waals surface area contributed by atoms with Crippen molar-refractivity contribution < 1.29 is 0 Å². The summed E-state index contributed by atoms with van der Waals surface area (Å²) in [5, 5.41) is 8.74. The van der Waals surface area contributed by atoms with E-state index in [1.54, 1.807) is 0 Å². The van der Waals surface area contributed by atoms with Crippen LogP contribution >= 0.6 is 11.8 Å². The molecule has 0 saturated carbocycles. The van der Waals surface area contributed by atoms with Gasteiger partial charge in [-0.1, -0.05) is 13.8 Å². The molecule has 1 aliphatic heterocycles. The molecule has 1 saturated heterocycles. The molecule has 2 atom stereocenters. The van der Waals surface area contributed by atoms with E-state index in [0.29, 0.717) is 11.3 Å². The topological polar surface area (TPSA) is 33.1 Å².